The number of hydrogen-bond acceptors (Lipinski definition) is 0. The second kappa shape index (κ2) is 10.8. The number of alkyl halides is 5. The molecule has 0 saturated carbocycles. The number of halogens is 8. The van der Waals surface area contributed by atoms with Gasteiger partial charge in [-0.25, -0.2) is 17.6 Å². The van der Waals surface area contributed by atoms with E-state index in [4.69, 9.17) is 0 Å². The summed E-state index contributed by atoms with van der Waals surface area (Å²) in [7, 11) is 0. The lowest BCUT2D eigenvalue weighted by atomic mass is 9.97. The molecule has 2 aromatic rings. The van der Waals surface area contributed by atoms with E-state index in [2.05, 4.69) is 0 Å². The van der Waals surface area contributed by atoms with E-state index in [1.165, 1.54) is 0 Å². The second-order valence-electron chi connectivity index (χ2n) is 7.14. The third kappa shape index (κ3) is 6.44. The second-order valence-corrected chi connectivity index (χ2v) is 7.14. The molecule has 0 aliphatic carbocycles. The molecule has 0 aliphatic heterocycles. The molecule has 0 nitrogen and oxygen atoms in total. The summed E-state index contributed by atoms with van der Waals surface area (Å²) in [5.74, 6) is -3.49. The molecule has 0 amide bonds. The lowest BCUT2D eigenvalue weighted by Gasteiger charge is -2.15. The minimum Gasteiger partial charge on any atom is -0.251 e. The van der Waals surface area contributed by atoms with Gasteiger partial charge in [0.2, 0.25) is 6.17 Å². The fourth-order valence-corrected chi connectivity index (χ4v) is 3.24. The maximum absolute atomic E-state index is 14.4. The molecule has 0 N–H and O–H groups in total. The lowest BCUT2D eigenvalue weighted by molar-refractivity contribution is -0.183. The van der Waals surface area contributed by atoms with Crippen LogP contribution in [-0.4, -0.2) is 12.9 Å². The first kappa shape index (κ1) is 24.2. The Balaban J connectivity index is 2.09. The van der Waals surface area contributed by atoms with Gasteiger partial charge in [-0.2, -0.15) is 13.2 Å². The largest absolute Gasteiger partial charge is 0.424 e. The molecule has 30 heavy (non-hydrogen) atoms. The van der Waals surface area contributed by atoms with Crippen LogP contribution in [0.25, 0.3) is 11.1 Å². The van der Waals surface area contributed by atoms with Crippen molar-refractivity contribution in [3.8, 4) is 11.1 Å². The van der Waals surface area contributed by atoms with Crippen LogP contribution in [-0.2, 0) is 6.42 Å². The van der Waals surface area contributed by atoms with Crippen molar-refractivity contribution in [1.29, 1.82) is 0 Å². The third-order valence-electron chi connectivity index (χ3n) is 4.80. The van der Waals surface area contributed by atoms with Crippen LogP contribution in [0.3, 0.4) is 0 Å². The van der Waals surface area contributed by atoms with Gasteiger partial charge >= 0.3 is 6.18 Å². The van der Waals surface area contributed by atoms with E-state index in [0.29, 0.717) is 37.0 Å². The van der Waals surface area contributed by atoms with Gasteiger partial charge in [-0.1, -0.05) is 37.8 Å². The molecule has 0 saturated heterocycles. The molecule has 0 spiro atoms. The quantitative estimate of drug-likeness (QED) is 0.259. The Hall–Kier alpha value is -2.12. The standard InChI is InChI=1S/C22H22F8/c23-10-6-4-2-1-3-5-7-14-11-18(25)20(19(26)12-14)15-8-9-16(17(24)13-15)21(27)22(28,29)30/h8-9,11-13,21H,1-7,10H2. The van der Waals surface area contributed by atoms with Gasteiger partial charge in [-0.15, -0.1) is 0 Å². The zero-order valence-electron chi connectivity index (χ0n) is 16.1. The third-order valence-corrected chi connectivity index (χ3v) is 4.80. The number of hydrogen-bond donors (Lipinski definition) is 0. The molecule has 2 aromatic carbocycles. The van der Waals surface area contributed by atoms with Crippen molar-refractivity contribution in [3.63, 3.8) is 0 Å². The molecule has 0 bridgehead atoms. The summed E-state index contributed by atoms with van der Waals surface area (Å²) in [5.41, 5.74) is -1.75. The highest BCUT2D eigenvalue weighted by atomic mass is 19.4. The molecule has 2 rings (SSSR count). The molecule has 1 atom stereocenters. The Morgan fingerprint density at radius 2 is 1.30 bits per heavy atom. The first-order valence-corrected chi connectivity index (χ1v) is 9.69. The molecule has 0 radical (unpaired) electrons. The Bertz CT molecular complexity index is 805. The van der Waals surface area contributed by atoms with Gasteiger partial charge in [0.15, 0.2) is 0 Å². The molecule has 0 aliphatic rings. The fourth-order valence-electron chi connectivity index (χ4n) is 3.24. The summed E-state index contributed by atoms with van der Waals surface area (Å²) in [6, 6.07) is 4.09. The van der Waals surface area contributed by atoms with Gasteiger partial charge < -0.3 is 0 Å². The Labute approximate surface area is 169 Å². The van der Waals surface area contributed by atoms with Gasteiger partial charge in [-0.05, 0) is 48.6 Å². The van der Waals surface area contributed by atoms with Crippen molar-refractivity contribution >= 4 is 0 Å². The van der Waals surface area contributed by atoms with E-state index in [0.717, 1.165) is 43.9 Å². The maximum Gasteiger partial charge on any atom is 0.424 e. The van der Waals surface area contributed by atoms with Crippen molar-refractivity contribution in [3.05, 3.63) is 58.9 Å². The van der Waals surface area contributed by atoms with Crippen molar-refractivity contribution in [1.82, 2.24) is 0 Å². The van der Waals surface area contributed by atoms with E-state index < -0.39 is 40.9 Å². The summed E-state index contributed by atoms with van der Waals surface area (Å²) in [6.07, 6.45) is -3.77. The van der Waals surface area contributed by atoms with Crippen LogP contribution >= 0.6 is 0 Å². The minimum atomic E-state index is -5.28. The van der Waals surface area contributed by atoms with Gasteiger partial charge in [0.1, 0.15) is 17.5 Å². The normalized spacial score (nSPS) is 12.9. The van der Waals surface area contributed by atoms with Crippen molar-refractivity contribution in [2.75, 3.05) is 6.67 Å². The highest BCUT2D eigenvalue weighted by Gasteiger charge is 2.42. The Morgan fingerprint density at radius 3 is 1.83 bits per heavy atom. The molecule has 0 fully saturated rings. The maximum atomic E-state index is 14.4. The molecule has 0 heterocycles. The van der Waals surface area contributed by atoms with E-state index in [9.17, 15) is 35.1 Å². The van der Waals surface area contributed by atoms with Crippen molar-refractivity contribution < 1.29 is 35.1 Å². The Kier molecular flexibility index (Phi) is 8.67. The SMILES string of the molecule is FCCCCCCCCc1cc(F)c(-c2ccc(C(F)C(F)(F)F)c(F)c2)c(F)c1. The highest BCUT2D eigenvalue weighted by molar-refractivity contribution is 5.66. The van der Waals surface area contributed by atoms with Crippen molar-refractivity contribution in [2.45, 2.75) is 57.3 Å². The first-order valence-electron chi connectivity index (χ1n) is 9.69. The summed E-state index contributed by atoms with van der Waals surface area (Å²) in [4.78, 5) is 0. The highest BCUT2D eigenvalue weighted by Crippen LogP contribution is 2.38. The predicted octanol–water partition coefficient (Wildman–Crippen LogP) is 8.20. The molecule has 8 heteroatoms. The van der Waals surface area contributed by atoms with E-state index in [1.54, 1.807) is 0 Å². The van der Waals surface area contributed by atoms with Crippen LogP contribution in [0.1, 0.15) is 55.8 Å². The van der Waals surface area contributed by atoms with Gasteiger partial charge in [0, 0.05) is 5.56 Å². The lowest BCUT2D eigenvalue weighted by Crippen LogP contribution is -2.17. The molecular weight excluding hydrogens is 416 g/mol. The minimum absolute atomic E-state index is 0.319. The van der Waals surface area contributed by atoms with Gasteiger partial charge in [-0.3, -0.25) is 4.39 Å². The van der Waals surface area contributed by atoms with Crippen LogP contribution < -0.4 is 0 Å². The Morgan fingerprint density at radius 1 is 0.733 bits per heavy atom. The summed E-state index contributed by atoms with van der Waals surface area (Å²) in [6.45, 7) is -0.339. The summed E-state index contributed by atoms with van der Waals surface area (Å²) < 4.78 is 106. The van der Waals surface area contributed by atoms with Crippen LogP contribution in [0.4, 0.5) is 35.1 Å². The number of aryl methyl sites for hydroxylation is 1. The molecule has 166 valence electrons. The summed E-state index contributed by atoms with van der Waals surface area (Å²) >= 11 is 0. The average molecular weight is 438 g/mol. The number of rotatable bonds is 10. The van der Waals surface area contributed by atoms with Gasteiger partial charge in [0.05, 0.1) is 12.2 Å². The van der Waals surface area contributed by atoms with Crippen LogP contribution in [0.2, 0.25) is 0 Å². The molecule has 1 unspecified atom stereocenters. The zero-order valence-corrected chi connectivity index (χ0v) is 16.1. The average Bonchev–Trinajstić information content (AvgIpc) is 2.65. The fraction of sp³-hybridized carbons (Fsp3) is 0.455. The van der Waals surface area contributed by atoms with Crippen LogP contribution in [0.5, 0.6) is 0 Å². The first-order chi connectivity index (χ1) is 14.1. The smallest absolute Gasteiger partial charge is 0.251 e. The topological polar surface area (TPSA) is 0 Å². The van der Waals surface area contributed by atoms with E-state index >= 15 is 0 Å². The number of benzene rings is 2. The number of unbranched alkanes of at least 4 members (excludes halogenated alkanes) is 5. The van der Waals surface area contributed by atoms with E-state index in [-0.39, 0.29) is 12.2 Å². The molecular formula is C22H22F8. The zero-order chi connectivity index (χ0) is 22.3. The molecule has 0 aromatic heterocycles. The van der Waals surface area contributed by atoms with E-state index in [1.807, 2.05) is 0 Å². The monoisotopic (exact) mass is 438 g/mol. The van der Waals surface area contributed by atoms with Crippen LogP contribution in [0, 0.1) is 17.5 Å². The predicted molar refractivity (Wildman–Crippen MR) is 99.0 cm³/mol. The summed E-state index contributed by atoms with van der Waals surface area (Å²) in [5, 5.41) is 0. The van der Waals surface area contributed by atoms with Crippen molar-refractivity contribution in [2.24, 2.45) is 0 Å². The van der Waals surface area contributed by atoms with Crippen LogP contribution in [0.15, 0.2) is 30.3 Å². The van der Waals surface area contributed by atoms with Gasteiger partial charge in [0.25, 0.3) is 0 Å².